The first-order valence-corrected chi connectivity index (χ1v) is 9.05. The molecule has 2 aromatic rings. The number of rotatable bonds is 3. The van der Waals surface area contributed by atoms with Crippen LogP contribution in [-0.4, -0.2) is 56.6 Å². The van der Waals surface area contributed by atoms with E-state index in [-0.39, 0.29) is 11.5 Å². The fourth-order valence-corrected chi connectivity index (χ4v) is 5.62. The van der Waals surface area contributed by atoms with Gasteiger partial charge in [0.15, 0.2) is 9.84 Å². The van der Waals surface area contributed by atoms with E-state index in [1.807, 2.05) is 31.2 Å². The smallest absolute Gasteiger partial charge is 0.214 e. The molecule has 0 bridgehead atoms. The highest BCUT2D eigenvalue weighted by Crippen LogP contribution is 2.30. The molecule has 1 aromatic carbocycles. The van der Waals surface area contributed by atoms with Gasteiger partial charge in [-0.05, 0) is 29.5 Å². The highest BCUT2D eigenvalue weighted by atomic mass is 32.2. The van der Waals surface area contributed by atoms with Gasteiger partial charge in [-0.25, -0.2) is 8.42 Å². The molecular formula is C12H14N4O3S2. The zero-order valence-electron chi connectivity index (χ0n) is 11.2. The molecule has 1 saturated heterocycles. The Morgan fingerprint density at radius 2 is 2.00 bits per heavy atom. The van der Waals surface area contributed by atoms with Gasteiger partial charge in [-0.15, -0.1) is 5.10 Å². The molecule has 1 aromatic heterocycles. The second-order valence-corrected chi connectivity index (χ2v) is 8.37. The Hall–Kier alpha value is -1.45. The first kappa shape index (κ1) is 14.5. The molecular weight excluding hydrogens is 312 g/mol. The zero-order chi connectivity index (χ0) is 15.0. The number of hydrogen-bond donors (Lipinski definition) is 1. The van der Waals surface area contributed by atoms with Crippen molar-refractivity contribution in [3.8, 4) is 5.69 Å². The van der Waals surface area contributed by atoms with E-state index >= 15 is 0 Å². The number of thioether (sulfide) groups is 1. The molecule has 9 heteroatoms. The van der Waals surface area contributed by atoms with Gasteiger partial charge in [-0.2, -0.15) is 4.68 Å². The molecule has 7 nitrogen and oxygen atoms in total. The highest BCUT2D eigenvalue weighted by Gasteiger charge is 2.38. The first-order chi connectivity index (χ1) is 9.94. The number of nitrogens with zero attached hydrogens (tertiary/aromatic N) is 4. The van der Waals surface area contributed by atoms with Gasteiger partial charge in [0.2, 0.25) is 5.16 Å². The molecule has 0 saturated carbocycles. The van der Waals surface area contributed by atoms with Crippen molar-refractivity contribution < 1.29 is 13.5 Å². The molecule has 0 spiro atoms. The van der Waals surface area contributed by atoms with Gasteiger partial charge in [0.1, 0.15) is 0 Å². The maximum absolute atomic E-state index is 11.5. The van der Waals surface area contributed by atoms with Crippen LogP contribution in [-0.2, 0) is 9.84 Å². The van der Waals surface area contributed by atoms with Crippen LogP contribution in [0.3, 0.4) is 0 Å². The molecule has 1 aliphatic rings. The third-order valence-electron chi connectivity index (χ3n) is 3.25. The number of aryl methyl sites for hydroxylation is 1. The largest absolute Gasteiger partial charge is 0.391 e. The Labute approximate surface area is 126 Å². The molecule has 1 fully saturated rings. The number of tetrazole rings is 1. The van der Waals surface area contributed by atoms with E-state index in [0.29, 0.717) is 5.16 Å². The van der Waals surface area contributed by atoms with Crippen LogP contribution in [0, 0.1) is 6.92 Å². The van der Waals surface area contributed by atoms with Gasteiger partial charge in [-0.3, -0.25) is 0 Å². The first-order valence-electron chi connectivity index (χ1n) is 6.35. The van der Waals surface area contributed by atoms with E-state index in [9.17, 15) is 13.5 Å². The van der Waals surface area contributed by atoms with Crippen LogP contribution in [0.2, 0.25) is 0 Å². The summed E-state index contributed by atoms with van der Waals surface area (Å²) in [6.45, 7) is 1.98. The zero-order valence-corrected chi connectivity index (χ0v) is 12.9. The summed E-state index contributed by atoms with van der Waals surface area (Å²) < 4.78 is 24.6. The average molecular weight is 326 g/mol. The van der Waals surface area contributed by atoms with E-state index in [1.54, 1.807) is 4.68 Å². The Morgan fingerprint density at radius 3 is 2.62 bits per heavy atom. The Balaban J connectivity index is 1.85. The summed E-state index contributed by atoms with van der Waals surface area (Å²) in [6.07, 6.45) is -0.886. The molecule has 0 aliphatic carbocycles. The second-order valence-electron chi connectivity index (χ2n) is 5.01. The van der Waals surface area contributed by atoms with Gasteiger partial charge in [-0.1, -0.05) is 29.5 Å². The molecule has 1 N–H and O–H groups in total. The van der Waals surface area contributed by atoms with Crippen LogP contribution in [0.25, 0.3) is 5.69 Å². The van der Waals surface area contributed by atoms with Gasteiger partial charge in [0, 0.05) is 0 Å². The summed E-state index contributed by atoms with van der Waals surface area (Å²) in [5.74, 6) is -0.254. The topological polar surface area (TPSA) is 98.0 Å². The lowest BCUT2D eigenvalue weighted by molar-refractivity contribution is 0.207. The number of benzene rings is 1. The molecule has 21 heavy (non-hydrogen) atoms. The summed E-state index contributed by atoms with van der Waals surface area (Å²) in [6, 6.07) is 7.66. The maximum Gasteiger partial charge on any atom is 0.214 e. The van der Waals surface area contributed by atoms with Crippen molar-refractivity contribution in [3.05, 3.63) is 29.8 Å². The minimum Gasteiger partial charge on any atom is -0.391 e. The molecule has 3 rings (SSSR count). The third-order valence-corrected chi connectivity index (χ3v) is 6.42. The van der Waals surface area contributed by atoms with Crippen molar-refractivity contribution in [1.29, 1.82) is 0 Å². The summed E-state index contributed by atoms with van der Waals surface area (Å²) in [5.41, 5.74) is 1.92. The lowest BCUT2D eigenvalue weighted by Crippen LogP contribution is -2.20. The van der Waals surface area contributed by atoms with Crippen LogP contribution in [0.4, 0.5) is 0 Å². The molecule has 2 atom stereocenters. The number of aliphatic hydroxyl groups excluding tert-OH is 1. The van der Waals surface area contributed by atoms with Gasteiger partial charge < -0.3 is 5.11 Å². The van der Waals surface area contributed by atoms with Gasteiger partial charge in [0.25, 0.3) is 0 Å². The Kier molecular flexibility index (Phi) is 3.72. The van der Waals surface area contributed by atoms with E-state index in [1.165, 1.54) is 11.8 Å². The maximum atomic E-state index is 11.5. The van der Waals surface area contributed by atoms with Crippen molar-refractivity contribution >= 4 is 21.6 Å². The summed E-state index contributed by atoms with van der Waals surface area (Å²) in [7, 11) is -3.18. The van der Waals surface area contributed by atoms with Crippen molar-refractivity contribution in [1.82, 2.24) is 20.2 Å². The second kappa shape index (κ2) is 5.39. The summed E-state index contributed by atoms with van der Waals surface area (Å²) >= 11 is 1.19. The van der Waals surface area contributed by atoms with Gasteiger partial charge >= 0.3 is 0 Å². The molecule has 112 valence electrons. The predicted octanol–water partition coefficient (Wildman–Crippen LogP) is 0.221. The van der Waals surface area contributed by atoms with Crippen LogP contribution >= 0.6 is 11.8 Å². The summed E-state index contributed by atoms with van der Waals surface area (Å²) in [5, 5.41) is 21.4. The van der Waals surface area contributed by atoms with Crippen LogP contribution < -0.4 is 0 Å². The van der Waals surface area contributed by atoms with E-state index < -0.39 is 21.2 Å². The molecule has 0 unspecified atom stereocenters. The lowest BCUT2D eigenvalue weighted by atomic mass is 10.2. The van der Waals surface area contributed by atoms with E-state index in [2.05, 4.69) is 15.5 Å². The SMILES string of the molecule is Cc1ccc(-n2nnnc2S[C@H]2CS(=O)(=O)C[C@@H]2O)cc1. The van der Waals surface area contributed by atoms with Crippen LogP contribution in [0.1, 0.15) is 5.56 Å². The van der Waals surface area contributed by atoms with Crippen molar-refractivity contribution in [2.45, 2.75) is 23.4 Å². The number of hydrogen-bond acceptors (Lipinski definition) is 7. The Morgan fingerprint density at radius 1 is 1.29 bits per heavy atom. The van der Waals surface area contributed by atoms with Gasteiger partial charge in [0.05, 0.1) is 28.5 Å². The quantitative estimate of drug-likeness (QED) is 0.861. The minimum absolute atomic E-state index is 0.0560. The molecule has 0 amide bonds. The van der Waals surface area contributed by atoms with Crippen molar-refractivity contribution in [2.24, 2.45) is 0 Å². The number of aromatic nitrogens is 4. The fraction of sp³-hybridized carbons (Fsp3) is 0.417. The average Bonchev–Trinajstić information content (AvgIpc) is 2.95. The highest BCUT2D eigenvalue weighted by molar-refractivity contribution is 8.01. The van der Waals surface area contributed by atoms with Crippen molar-refractivity contribution in [3.63, 3.8) is 0 Å². The lowest BCUT2D eigenvalue weighted by Gasteiger charge is -2.11. The minimum atomic E-state index is -3.18. The predicted molar refractivity (Wildman–Crippen MR) is 78.2 cm³/mol. The molecule has 1 aliphatic heterocycles. The number of sulfone groups is 1. The molecule has 2 heterocycles. The fourth-order valence-electron chi connectivity index (χ4n) is 2.15. The van der Waals surface area contributed by atoms with Crippen LogP contribution in [0.5, 0.6) is 0 Å². The Bertz CT molecular complexity index is 742. The number of aliphatic hydroxyl groups is 1. The van der Waals surface area contributed by atoms with Crippen molar-refractivity contribution in [2.75, 3.05) is 11.5 Å². The van der Waals surface area contributed by atoms with E-state index in [0.717, 1.165) is 11.3 Å². The van der Waals surface area contributed by atoms with Crippen LogP contribution in [0.15, 0.2) is 29.4 Å². The normalized spacial score (nSPS) is 24.3. The van der Waals surface area contributed by atoms with E-state index in [4.69, 9.17) is 0 Å². The standard InChI is InChI=1S/C12H14N4O3S2/c1-8-2-4-9(5-3-8)16-12(13-14-15-16)20-11-7-21(18,19)6-10(11)17/h2-5,10-11,17H,6-7H2,1H3/t10-,11-/m0/s1. The molecule has 0 radical (unpaired) electrons. The summed E-state index contributed by atoms with van der Waals surface area (Å²) in [4.78, 5) is 0. The monoisotopic (exact) mass is 326 g/mol. The third kappa shape index (κ3) is 3.09.